The highest BCUT2D eigenvalue weighted by molar-refractivity contribution is 5.85. The Bertz CT molecular complexity index is 322. The quantitative estimate of drug-likeness (QED) is 0.773. The molecule has 2 aliphatic carbocycles. The number of aliphatic hydroxyl groups excluding tert-OH is 1. The topological polar surface area (TPSA) is 55.8 Å². The Morgan fingerprint density at radius 1 is 1.28 bits per heavy atom. The molecule has 3 atom stereocenters. The van der Waals surface area contributed by atoms with Crippen molar-refractivity contribution in [1.29, 1.82) is 0 Å². The molecule has 0 aromatic carbocycles. The Morgan fingerprint density at radius 3 is 2.78 bits per heavy atom. The SMILES string of the molecule is O=C1CC(CCCCO)[C@H]2CCC3(OCCO3)[C@@H]12. The van der Waals surface area contributed by atoms with E-state index in [0.29, 0.717) is 37.3 Å². The number of fused-ring (bicyclic) bond motifs is 2. The number of hydrogen-bond acceptors (Lipinski definition) is 4. The number of hydrogen-bond donors (Lipinski definition) is 1. The van der Waals surface area contributed by atoms with Crippen LogP contribution in [0.2, 0.25) is 0 Å². The van der Waals surface area contributed by atoms with Gasteiger partial charge in [0.1, 0.15) is 5.78 Å². The number of carbonyl (C=O) groups excluding carboxylic acids is 1. The van der Waals surface area contributed by atoms with E-state index < -0.39 is 5.79 Å². The highest BCUT2D eigenvalue weighted by Crippen LogP contribution is 2.55. The van der Waals surface area contributed by atoms with Gasteiger partial charge in [-0.1, -0.05) is 6.42 Å². The number of aliphatic hydroxyl groups is 1. The van der Waals surface area contributed by atoms with Crippen molar-refractivity contribution in [2.24, 2.45) is 17.8 Å². The molecule has 0 bridgehead atoms. The van der Waals surface area contributed by atoms with Crippen molar-refractivity contribution in [1.82, 2.24) is 0 Å². The maximum absolute atomic E-state index is 12.3. The lowest BCUT2D eigenvalue weighted by Gasteiger charge is -2.27. The van der Waals surface area contributed by atoms with Crippen LogP contribution in [0.5, 0.6) is 0 Å². The van der Waals surface area contributed by atoms with Gasteiger partial charge in [-0.15, -0.1) is 0 Å². The summed E-state index contributed by atoms with van der Waals surface area (Å²) in [6, 6.07) is 0. The van der Waals surface area contributed by atoms with E-state index in [1.807, 2.05) is 0 Å². The van der Waals surface area contributed by atoms with Crippen LogP contribution in [0, 0.1) is 17.8 Å². The maximum atomic E-state index is 12.3. The molecule has 1 heterocycles. The van der Waals surface area contributed by atoms with Crippen molar-refractivity contribution >= 4 is 5.78 Å². The van der Waals surface area contributed by atoms with Crippen molar-refractivity contribution in [2.45, 2.75) is 44.3 Å². The number of ether oxygens (including phenoxy) is 2. The standard InChI is InChI=1S/C14H22O4/c15-6-2-1-3-10-9-12(16)13-11(10)4-5-14(13)17-7-8-18-14/h10-11,13,15H,1-9H2/t10?,11-,13-/m1/s1. The summed E-state index contributed by atoms with van der Waals surface area (Å²) in [5.74, 6) is 0.705. The molecule has 4 heteroatoms. The van der Waals surface area contributed by atoms with Crippen LogP contribution in [-0.2, 0) is 14.3 Å². The molecule has 1 spiro atoms. The van der Waals surface area contributed by atoms with Crippen LogP contribution in [0.1, 0.15) is 38.5 Å². The summed E-state index contributed by atoms with van der Waals surface area (Å²) in [5.41, 5.74) is 0. The van der Waals surface area contributed by atoms with Crippen LogP contribution in [0.15, 0.2) is 0 Å². The third-order valence-electron chi connectivity index (χ3n) is 4.90. The average molecular weight is 254 g/mol. The molecular weight excluding hydrogens is 232 g/mol. The van der Waals surface area contributed by atoms with E-state index in [2.05, 4.69) is 0 Å². The second-order valence-corrected chi connectivity index (χ2v) is 5.84. The van der Waals surface area contributed by atoms with Gasteiger partial charge < -0.3 is 14.6 Å². The molecule has 3 rings (SSSR count). The first-order valence-electron chi connectivity index (χ1n) is 7.18. The van der Waals surface area contributed by atoms with Gasteiger partial charge in [-0.25, -0.2) is 0 Å². The van der Waals surface area contributed by atoms with Crippen LogP contribution < -0.4 is 0 Å². The van der Waals surface area contributed by atoms with Crippen LogP contribution in [0.3, 0.4) is 0 Å². The minimum atomic E-state index is -0.562. The molecule has 0 aromatic heterocycles. The molecular formula is C14H22O4. The molecule has 1 N–H and O–H groups in total. The first-order valence-corrected chi connectivity index (χ1v) is 7.18. The van der Waals surface area contributed by atoms with Crippen molar-refractivity contribution in [3.8, 4) is 0 Å². The van der Waals surface area contributed by atoms with E-state index in [1.165, 1.54) is 0 Å². The zero-order chi connectivity index (χ0) is 12.6. The fraction of sp³-hybridized carbons (Fsp3) is 0.929. The minimum Gasteiger partial charge on any atom is -0.396 e. The predicted octanol–water partition coefficient (Wildman–Crippen LogP) is 1.51. The average Bonchev–Trinajstić information content (AvgIpc) is 3.03. The third kappa shape index (κ3) is 1.91. The van der Waals surface area contributed by atoms with Crippen molar-refractivity contribution < 1.29 is 19.4 Å². The van der Waals surface area contributed by atoms with E-state index >= 15 is 0 Å². The molecule has 0 aromatic rings. The molecule has 1 aliphatic heterocycles. The second kappa shape index (κ2) is 4.91. The van der Waals surface area contributed by atoms with Crippen molar-refractivity contribution in [3.63, 3.8) is 0 Å². The van der Waals surface area contributed by atoms with Gasteiger partial charge in [0.15, 0.2) is 5.79 Å². The smallest absolute Gasteiger partial charge is 0.178 e. The summed E-state index contributed by atoms with van der Waals surface area (Å²) >= 11 is 0. The molecule has 4 nitrogen and oxygen atoms in total. The summed E-state index contributed by atoms with van der Waals surface area (Å²) in [7, 11) is 0. The number of ketones is 1. The summed E-state index contributed by atoms with van der Waals surface area (Å²) in [6.07, 6.45) is 5.55. The van der Waals surface area contributed by atoms with E-state index in [9.17, 15) is 4.79 Å². The van der Waals surface area contributed by atoms with Crippen LogP contribution in [0.4, 0.5) is 0 Å². The molecule has 0 amide bonds. The van der Waals surface area contributed by atoms with Gasteiger partial charge in [-0.3, -0.25) is 4.79 Å². The maximum Gasteiger partial charge on any atom is 0.178 e. The Labute approximate surface area is 108 Å². The summed E-state index contributed by atoms with van der Waals surface area (Å²) in [4.78, 5) is 12.3. The monoisotopic (exact) mass is 254 g/mol. The van der Waals surface area contributed by atoms with Gasteiger partial charge in [0.25, 0.3) is 0 Å². The molecule has 102 valence electrons. The fourth-order valence-electron chi connectivity index (χ4n) is 4.17. The zero-order valence-corrected chi connectivity index (χ0v) is 10.8. The van der Waals surface area contributed by atoms with Gasteiger partial charge in [0.05, 0.1) is 19.1 Å². The van der Waals surface area contributed by atoms with Crippen molar-refractivity contribution in [3.05, 3.63) is 0 Å². The van der Waals surface area contributed by atoms with Crippen molar-refractivity contribution in [2.75, 3.05) is 19.8 Å². The molecule has 1 saturated heterocycles. The van der Waals surface area contributed by atoms with Crippen LogP contribution in [-0.4, -0.2) is 36.5 Å². The molecule has 0 radical (unpaired) electrons. The van der Waals surface area contributed by atoms with Crippen LogP contribution >= 0.6 is 0 Å². The summed E-state index contributed by atoms with van der Waals surface area (Å²) < 4.78 is 11.6. The second-order valence-electron chi connectivity index (χ2n) is 5.84. The van der Waals surface area contributed by atoms with Crippen LogP contribution in [0.25, 0.3) is 0 Å². The fourth-order valence-corrected chi connectivity index (χ4v) is 4.17. The summed E-state index contributed by atoms with van der Waals surface area (Å²) in [5, 5.41) is 8.84. The number of rotatable bonds is 4. The van der Waals surface area contributed by atoms with Gasteiger partial charge in [0, 0.05) is 19.4 Å². The van der Waals surface area contributed by atoms with Gasteiger partial charge >= 0.3 is 0 Å². The lowest BCUT2D eigenvalue weighted by molar-refractivity contribution is -0.186. The Morgan fingerprint density at radius 2 is 2.06 bits per heavy atom. The lowest BCUT2D eigenvalue weighted by Crippen LogP contribution is -2.38. The zero-order valence-electron chi connectivity index (χ0n) is 10.8. The molecule has 3 aliphatic rings. The number of Topliss-reactive ketones (excluding diaryl/α,β-unsaturated/α-hetero) is 1. The molecule has 18 heavy (non-hydrogen) atoms. The highest BCUT2D eigenvalue weighted by Gasteiger charge is 2.60. The normalized spacial score (nSPS) is 37.6. The van der Waals surface area contributed by atoms with E-state index in [1.54, 1.807) is 0 Å². The largest absolute Gasteiger partial charge is 0.396 e. The first-order chi connectivity index (χ1) is 8.77. The summed E-state index contributed by atoms with van der Waals surface area (Å²) in [6.45, 7) is 1.52. The third-order valence-corrected chi connectivity index (χ3v) is 4.90. The van der Waals surface area contributed by atoms with Gasteiger partial charge in [0.2, 0.25) is 0 Å². The lowest BCUT2D eigenvalue weighted by atomic mass is 9.87. The van der Waals surface area contributed by atoms with E-state index in [4.69, 9.17) is 14.6 Å². The minimum absolute atomic E-state index is 0.0147. The first kappa shape index (κ1) is 12.6. The predicted molar refractivity (Wildman–Crippen MR) is 64.9 cm³/mol. The van der Waals surface area contributed by atoms with E-state index in [0.717, 1.165) is 32.1 Å². The number of unbranched alkanes of at least 4 members (excludes halogenated alkanes) is 1. The van der Waals surface area contributed by atoms with Gasteiger partial charge in [-0.2, -0.15) is 0 Å². The van der Waals surface area contributed by atoms with Gasteiger partial charge in [-0.05, 0) is 31.1 Å². The van der Waals surface area contributed by atoms with E-state index in [-0.39, 0.29) is 12.5 Å². The molecule has 2 saturated carbocycles. The Kier molecular flexibility index (Phi) is 3.43. The molecule has 3 fully saturated rings. The molecule has 1 unspecified atom stereocenters. The Balaban J connectivity index is 1.68. The Hall–Kier alpha value is -0.450. The highest BCUT2D eigenvalue weighted by atomic mass is 16.7. The number of carbonyl (C=O) groups is 1.